The van der Waals surface area contributed by atoms with Gasteiger partial charge in [-0.05, 0) is 6.07 Å². The summed E-state index contributed by atoms with van der Waals surface area (Å²) < 4.78 is 2.82. The van der Waals surface area contributed by atoms with Gasteiger partial charge < -0.3 is 4.57 Å². The van der Waals surface area contributed by atoms with Crippen LogP contribution in [-0.4, -0.2) is 14.9 Å². The van der Waals surface area contributed by atoms with Crippen LogP contribution in [0, 0.1) is 0 Å². The normalized spacial score (nSPS) is 10.4. The number of rotatable bonds is 3. The highest BCUT2D eigenvalue weighted by molar-refractivity contribution is 9.10. The molecule has 19 heavy (non-hydrogen) atoms. The Balaban J connectivity index is 2.41. The highest BCUT2D eigenvalue weighted by Crippen LogP contribution is 2.16. The second kappa shape index (κ2) is 5.36. The largest absolute Gasteiger partial charge is 0.331 e. The number of aryl methyl sites for hydroxylation is 1. The molecule has 6 heteroatoms. The lowest BCUT2D eigenvalue weighted by Crippen LogP contribution is -2.39. The van der Waals surface area contributed by atoms with Crippen LogP contribution in [0.3, 0.4) is 0 Å². The lowest BCUT2D eigenvalue weighted by molar-refractivity contribution is 0.0968. The van der Waals surface area contributed by atoms with Crippen LogP contribution >= 0.6 is 15.9 Å². The summed E-state index contributed by atoms with van der Waals surface area (Å²) in [6.07, 6.45) is 1.38. The Bertz CT molecular complexity index is 746. The highest BCUT2D eigenvalue weighted by atomic mass is 79.9. The molecule has 0 saturated heterocycles. The van der Waals surface area contributed by atoms with Gasteiger partial charge in [0.25, 0.3) is 5.56 Å². The van der Waals surface area contributed by atoms with Crippen molar-refractivity contribution in [1.29, 1.82) is 0 Å². The maximum Gasteiger partial charge on any atom is 0.331 e. The number of hydrogen-bond donors (Lipinski definition) is 0. The first-order valence-electron chi connectivity index (χ1n) is 5.55. The molecule has 0 aliphatic rings. The Morgan fingerprint density at radius 2 is 1.89 bits per heavy atom. The van der Waals surface area contributed by atoms with Crippen LogP contribution in [0.4, 0.5) is 0 Å². The first kappa shape index (κ1) is 13.5. The van der Waals surface area contributed by atoms with Gasteiger partial charge in [0.15, 0.2) is 5.78 Å². The van der Waals surface area contributed by atoms with E-state index in [0.717, 1.165) is 4.57 Å². The van der Waals surface area contributed by atoms with Crippen LogP contribution < -0.4 is 11.2 Å². The fourth-order valence-electron chi connectivity index (χ4n) is 1.68. The fourth-order valence-corrected chi connectivity index (χ4v) is 2.18. The zero-order chi connectivity index (χ0) is 14.0. The number of carbonyl (C=O) groups excluding carboxylic acids is 1. The molecular weight excluding hydrogens is 312 g/mol. The standard InChI is InChI=1S/C13H11BrN2O3/c1-15-7-6-12(18)16(13(15)19)8-11(17)9-4-2-3-5-10(9)14/h2-7H,8H2,1H3. The first-order chi connectivity index (χ1) is 9.00. The summed E-state index contributed by atoms with van der Waals surface area (Å²) in [4.78, 5) is 35.5. The lowest BCUT2D eigenvalue weighted by atomic mass is 10.1. The Morgan fingerprint density at radius 1 is 1.21 bits per heavy atom. The third-order valence-electron chi connectivity index (χ3n) is 2.72. The van der Waals surface area contributed by atoms with E-state index in [1.54, 1.807) is 24.3 Å². The predicted molar refractivity (Wildman–Crippen MR) is 74.4 cm³/mol. The van der Waals surface area contributed by atoms with Gasteiger partial charge in [-0.25, -0.2) is 4.79 Å². The molecule has 2 rings (SSSR count). The van der Waals surface area contributed by atoms with E-state index in [0.29, 0.717) is 10.0 Å². The van der Waals surface area contributed by atoms with Gasteiger partial charge in [-0.15, -0.1) is 0 Å². The number of hydrogen-bond acceptors (Lipinski definition) is 3. The molecule has 0 spiro atoms. The van der Waals surface area contributed by atoms with Crippen molar-refractivity contribution in [2.24, 2.45) is 7.05 Å². The second-order valence-corrected chi connectivity index (χ2v) is 4.89. The number of carbonyl (C=O) groups is 1. The van der Waals surface area contributed by atoms with Crippen molar-refractivity contribution in [2.75, 3.05) is 0 Å². The van der Waals surface area contributed by atoms with E-state index >= 15 is 0 Å². The van der Waals surface area contributed by atoms with Gasteiger partial charge in [0, 0.05) is 29.3 Å². The van der Waals surface area contributed by atoms with E-state index < -0.39 is 11.2 Å². The van der Waals surface area contributed by atoms with Gasteiger partial charge in [0.2, 0.25) is 0 Å². The average Bonchev–Trinajstić information content (AvgIpc) is 2.39. The molecule has 1 aromatic heterocycles. The Kier molecular flexibility index (Phi) is 3.80. The van der Waals surface area contributed by atoms with Crippen LogP contribution in [0.5, 0.6) is 0 Å². The molecule has 5 nitrogen and oxygen atoms in total. The minimum atomic E-state index is -0.507. The minimum Gasteiger partial charge on any atom is -0.303 e. The van der Waals surface area contributed by atoms with Crippen molar-refractivity contribution >= 4 is 21.7 Å². The lowest BCUT2D eigenvalue weighted by Gasteiger charge is -2.07. The summed E-state index contributed by atoms with van der Waals surface area (Å²) in [5.74, 6) is -0.294. The number of halogens is 1. The van der Waals surface area contributed by atoms with Crippen LogP contribution in [0.15, 0.2) is 50.6 Å². The summed E-state index contributed by atoms with van der Waals surface area (Å²) in [7, 11) is 1.53. The fraction of sp³-hybridized carbons (Fsp3) is 0.154. The van der Waals surface area contributed by atoms with E-state index in [1.165, 1.54) is 23.9 Å². The zero-order valence-corrected chi connectivity index (χ0v) is 11.8. The molecule has 1 aromatic carbocycles. The van der Waals surface area contributed by atoms with Gasteiger partial charge in [0.1, 0.15) is 0 Å². The quantitative estimate of drug-likeness (QED) is 0.797. The van der Waals surface area contributed by atoms with Gasteiger partial charge in [0.05, 0.1) is 6.54 Å². The number of Topliss-reactive ketones (excluding diaryl/α,β-unsaturated/α-hetero) is 1. The molecule has 98 valence electrons. The third kappa shape index (κ3) is 2.73. The molecular formula is C13H11BrN2O3. The molecule has 0 bridgehead atoms. The van der Waals surface area contributed by atoms with Crippen LogP contribution in [-0.2, 0) is 13.6 Å². The Labute approximate surface area is 117 Å². The summed E-state index contributed by atoms with van der Waals surface area (Å²) in [6, 6.07) is 8.15. The second-order valence-electron chi connectivity index (χ2n) is 4.04. The summed E-state index contributed by atoms with van der Waals surface area (Å²) >= 11 is 3.27. The van der Waals surface area contributed by atoms with Gasteiger partial charge in [-0.2, -0.15) is 0 Å². The van der Waals surface area contributed by atoms with Crippen molar-refractivity contribution < 1.29 is 4.79 Å². The van der Waals surface area contributed by atoms with Gasteiger partial charge in [-0.1, -0.05) is 34.1 Å². The highest BCUT2D eigenvalue weighted by Gasteiger charge is 2.13. The van der Waals surface area contributed by atoms with Crippen LogP contribution in [0.1, 0.15) is 10.4 Å². The van der Waals surface area contributed by atoms with E-state index in [4.69, 9.17) is 0 Å². The molecule has 0 unspecified atom stereocenters. The summed E-state index contributed by atoms with van der Waals surface area (Å²) in [6.45, 7) is -0.269. The van der Waals surface area contributed by atoms with Crippen molar-refractivity contribution in [3.8, 4) is 0 Å². The first-order valence-corrected chi connectivity index (χ1v) is 6.34. The Morgan fingerprint density at radius 3 is 2.58 bits per heavy atom. The Hall–Kier alpha value is -1.95. The topological polar surface area (TPSA) is 61.1 Å². The van der Waals surface area contributed by atoms with Crippen molar-refractivity contribution in [3.63, 3.8) is 0 Å². The van der Waals surface area contributed by atoms with Crippen molar-refractivity contribution in [2.45, 2.75) is 6.54 Å². The number of benzene rings is 1. The number of aromatic nitrogens is 2. The number of ketones is 1. The molecule has 0 saturated carbocycles. The number of nitrogens with zero attached hydrogens (tertiary/aromatic N) is 2. The predicted octanol–water partition coefficient (Wildman–Crippen LogP) is 1.19. The van der Waals surface area contributed by atoms with Crippen molar-refractivity contribution in [1.82, 2.24) is 9.13 Å². The SMILES string of the molecule is Cn1ccc(=O)n(CC(=O)c2ccccc2Br)c1=O. The monoisotopic (exact) mass is 322 g/mol. The molecule has 0 atom stereocenters. The smallest absolute Gasteiger partial charge is 0.303 e. The molecule has 0 aliphatic heterocycles. The van der Waals surface area contributed by atoms with Crippen LogP contribution in [0.25, 0.3) is 0 Å². The molecule has 0 amide bonds. The van der Waals surface area contributed by atoms with E-state index in [2.05, 4.69) is 15.9 Å². The zero-order valence-electron chi connectivity index (χ0n) is 10.2. The van der Waals surface area contributed by atoms with E-state index in [9.17, 15) is 14.4 Å². The average molecular weight is 323 g/mol. The van der Waals surface area contributed by atoms with E-state index in [-0.39, 0.29) is 12.3 Å². The maximum atomic E-state index is 12.1. The minimum absolute atomic E-state index is 0.269. The summed E-state index contributed by atoms with van der Waals surface area (Å²) in [5, 5.41) is 0. The molecule has 1 heterocycles. The molecule has 0 fully saturated rings. The molecule has 2 aromatic rings. The maximum absolute atomic E-state index is 12.1. The summed E-state index contributed by atoms with van der Waals surface area (Å²) in [5.41, 5.74) is -0.545. The molecule has 0 radical (unpaired) electrons. The van der Waals surface area contributed by atoms with Gasteiger partial charge in [-0.3, -0.25) is 14.2 Å². The molecule has 0 aliphatic carbocycles. The van der Waals surface area contributed by atoms with Gasteiger partial charge >= 0.3 is 5.69 Å². The van der Waals surface area contributed by atoms with Crippen molar-refractivity contribution in [3.05, 3.63) is 67.4 Å². The van der Waals surface area contributed by atoms with Crippen LogP contribution in [0.2, 0.25) is 0 Å². The van der Waals surface area contributed by atoms with E-state index in [1.807, 2.05) is 0 Å². The molecule has 0 N–H and O–H groups in total. The third-order valence-corrected chi connectivity index (χ3v) is 3.41.